The maximum Gasteiger partial charge on any atom is 0.416 e. The van der Waals surface area contributed by atoms with Gasteiger partial charge in [-0.15, -0.1) is 6.58 Å². The van der Waals surface area contributed by atoms with Crippen molar-refractivity contribution in [3.05, 3.63) is 59.4 Å². The summed E-state index contributed by atoms with van der Waals surface area (Å²) in [6.45, 7) is 3.76. The van der Waals surface area contributed by atoms with E-state index in [1.807, 2.05) is 0 Å². The zero-order chi connectivity index (χ0) is 17.7. The number of carbonyl (C=O) groups is 1. The molecule has 0 saturated carbocycles. The van der Waals surface area contributed by atoms with Crippen LogP contribution in [0, 0.1) is 0 Å². The van der Waals surface area contributed by atoms with Gasteiger partial charge in [-0.3, -0.25) is 4.79 Å². The zero-order valence-electron chi connectivity index (χ0n) is 12.2. The van der Waals surface area contributed by atoms with E-state index in [-0.39, 0.29) is 22.2 Å². The molecule has 9 heteroatoms. The largest absolute Gasteiger partial charge is 0.416 e. The van der Waals surface area contributed by atoms with E-state index in [1.54, 1.807) is 0 Å². The minimum atomic E-state index is -4.49. The number of hydrogen-bond donors (Lipinski definition) is 2. The molecule has 0 saturated heterocycles. The highest BCUT2D eigenvalue weighted by Gasteiger charge is 2.31. The molecule has 0 bridgehead atoms. The fourth-order valence-electron chi connectivity index (χ4n) is 1.69. The molecule has 24 heavy (non-hydrogen) atoms. The highest BCUT2D eigenvalue weighted by atomic mass is 35.5. The van der Waals surface area contributed by atoms with Crippen LogP contribution in [0.5, 0.6) is 0 Å². The molecule has 0 spiro atoms. The number of carbonyl (C=O) groups excluding carboxylic acids is 1. The van der Waals surface area contributed by atoms with Gasteiger partial charge in [0, 0.05) is 18.9 Å². The van der Waals surface area contributed by atoms with Crippen molar-refractivity contribution in [3.63, 3.8) is 0 Å². The summed E-state index contributed by atoms with van der Waals surface area (Å²) in [5.74, 6) is -0.380. The van der Waals surface area contributed by atoms with Crippen LogP contribution >= 0.6 is 11.6 Å². The predicted octanol–water partition coefficient (Wildman–Crippen LogP) is 3.81. The first-order chi connectivity index (χ1) is 11.3. The van der Waals surface area contributed by atoms with E-state index in [0.29, 0.717) is 6.54 Å². The van der Waals surface area contributed by atoms with E-state index >= 15 is 0 Å². The monoisotopic (exact) mass is 356 g/mol. The van der Waals surface area contributed by atoms with Gasteiger partial charge in [0.2, 0.25) is 5.95 Å². The van der Waals surface area contributed by atoms with Crippen molar-refractivity contribution in [1.29, 1.82) is 0 Å². The van der Waals surface area contributed by atoms with Gasteiger partial charge in [-0.25, -0.2) is 9.97 Å². The van der Waals surface area contributed by atoms with Gasteiger partial charge in [0.1, 0.15) is 0 Å². The molecule has 126 valence electrons. The third-order valence-electron chi connectivity index (χ3n) is 2.86. The normalized spacial score (nSPS) is 11.0. The first-order valence-corrected chi connectivity index (χ1v) is 7.04. The van der Waals surface area contributed by atoms with Crippen LogP contribution in [-0.4, -0.2) is 22.4 Å². The minimum absolute atomic E-state index is 0.00958. The summed E-state index contributed by atoms with van der Waals surface area (Å²) >= 11 is 5.88. The Hall–Kier alpha value is -2.61. The van der Waals surface area contributed by atoms with Crippen molar-refractivity contribution in [1.82, 2.24) is 15.3 Å². The number of hydrogen-bond acceptors (Lipinski definition) is 4. The Bertz CT molecular complexity index is 747. The van der Waals surface area contributed by atoms with Crippen LogP contribution in [0.1, 0.15) is 15.9 Å². The molecule has 2 aromatic rings. The third-order valence-corrected chi connectivity index (χ3v) is 3.19. The lowest BCUT2D eigenvalue weighted by molar-refractivity contribution is -0.137. The van der Waals surface area contributed by atoms with E-state index in [2.05, 4.69) is 27.2 Å². The molecule has 0 aliphatic heterocycles. The second-order valence-corrected chi connectivity index (χ2v) is 5.02. The number of nitrogens with one attached hydrogen (secondary N) is 2. The summed E-state index contributed by atoms with van der Waals surface area (Å²) in [6.07, 6.45) is -0.482. The molecule has 0 unspecified atom stereocenters. The zero-order valence-corrected chi connectivity index (χ0v) is 12.9. The van der Waals surface area contributed by atoms with Crippen molar-refractivity contribution in [2.24, 2.45) is 0 Å². The predicted molar refractivity (Wildman–Crippen MR) is 84.3 cm³/mol. The van der Waals surface area contributed by atoms with E-state index in [9.17, 15) is 18.0 Å². The van der Waals surface area contributed by atoms with Gasteiger partial charge in [-0.05, 0) is 18.2 Å². The third kappa shape index (κ3) is 4.45. The fourth-order valence-corrected chi connectivity index (χ4v) is 1.86. The molecule has 0 aliphatic carbocycles. The molecule has 0 fully saturated rings. The smallest absolute Gasteiger partial charge is 0.348 e. The SMILES string of the molecule is C=CCNC(=O)c1cnc(Nc2cc(C(F)(F)F)ccc2Cl)nc1. The Kier molecular flexibility index (Phi) is 5.40. The number of benzene rings is 1. The van der Waals surface area contributed by atoms with E-state index in [4.69, 9.17) is 11.6 Å². The maximum absolute atomic E-state index is 12.7. The highest BCUT2D eigenvalue weighted by molar-refractivity contribution is 6.33. The van der Waals surface area contributed by atoms with Gasteiger partial charge in [0.05, 0.1) is 21.8 Å². The molecule has 1 aromatic carbocycles. The number of nitrogens with zero attached hydrogens (tertiary/aromatic N) is 2. The van der Waals surface area contributed by atoms with Crippen LogP contribution in [0.3, 0.4) is 0 Å². The van der Waals surface area contributed by atoms with E-state index in [1.165, 1.54) is 18.5 Å². The molecule has 0 aliphatic rings. The van der Waals surface area contributed by atoms with Crippen molar-refractivity contribution in [3.8, 4) is 0 Å². The van der Waals surface area contributed by atoms with Gasteiger partial charge >= 0.3 is 6.18 Å². The summed E-state index contributed by atoms with van der Waals surface area (Å²) in [6, 6.07) is 2.86. The molecule has 1 amide bonds. The standard InChI is InChI=1S/C15H12ClF3N4O/c1-2-5-20-13(24)9-7-21-14(22-8-9)23-12-6-10(15(17,18)19)3-4-11(12)16/h2-4,6-8H,1,5H2,(H,20,24)(H,21,22,23). The number of halogens is 4. The molecule has 1 aromatic heterocycles. The fraction of sp³-hybridized carbons (Fsp3) is 0.133. The average Bonchev–Trinajstić information content (AvgIpc) is 2.54. The Morgan fingerprint density at radius 1 is 1.29 bits per heavy atom. The number of anilines is 2. The lowest BCUT2D eigenvalue weighted by Gasteiger charge is -2.11. The second kappa shape index (κ2) is 7.31. The Morgan fingerprint density at radius 2 is 1.96 bits per heavy atom. The summed E-state index contributed by atoms with van der Waals surface area (Å²) < 4.78 is 38.2. The van der Waals surface area contributed by atoms with Gasteiger partial charge in [-0.1, -0.05) is 17.7 Å². The molecule has 2 rings (SSSR count). The van der Waals surface area contributed by atoms with Crippen LogP contribution in [0.15, 0.2) is 43.2 Å². The molecule has 0 radical (unpaired) electrons. The van der Waals surface area contributed by atoms with Gasteiger partial charge < -0.3 is 10.6 Å². The van der Waals surface area contributed by atoms with Crippen LogP contribution in [-0.2, 0) is 6.18 Å². The summed E-state index contributed by atoms with van der Waals surface area (Å²) in [5, 5.41) is 5.22. The lowest BCUT2D eigenvalue weighted by Crippen LogP contribution is -2.23. The van der Waals surface area contributed by atoms with Crippen molar-refractivity contribution in [2.75, 3.05) is 11.9 Å². The Labute approximate surface area is 140 Å². The summed E-state index contributed by atoms with van der Waals surface area (Å²) in [4.78, 5) is 19.5. The number of amides is 1. The van der Waals surface area contributed by atoms with Crippen molar-refractivity contribution < 1.29 is 18.0 Å². The Balaban J connectivity index is 2.17. The van der Waals surface area contributed by atoms with Crippen molar-refractivity contribution in [2.45, 2.75) is 6.18 Å². The lowest BCUT2D eigenvalue weighted by atomic mass is 10.2. The van der Waals surface area contributed by atoms with E-state index in [0.717, 1.165) is 18.2 Å². The molecule has 0 atom stereocenters. The summed E-state index contributed by atoms with van der Waals surface area (Å²) in [7, 11) is 0. The molecular formula is C15H12ClF3N4O. The van der Waals surface area contributed by atoms with Crippen LogP contribution in [0.2, 0.25) is 5.02 Å². The van der Waals surface area contributed by atoms with E-state index < -0.39 is 17.6 Å². The molecule has 5 nitrogen and oxygen atoms in total. The molecule has 1 heterocycles. The quantitative estimate of drug-likeness (QED) is 0.799. The Morgan fingerprint density at radius 3 is 2.54 bits per heavy atom. The minimum Gasteiger partial charge on any atom is -0.348 e. The number of alkyl halides is 3. The number of aromatic nitrogens is 2. The molecular weight excluding hydrogens is 345 g/mol. The first-order valence-electron chi connectivity index (χ1n) is 6.66. The maximum atomic E-state index is 12.7. The van der Waals surface area contributed by atoms with Crippen LogP contribution in [0.25, 0.3) is 0 Å². The van der Waals surface area contributed by atoms with Gasteiger partial charge in [0.15, 0.2) is 0 Å². The topological polar surface area (TPSA) is 66.9 Å². The molecule has 2 N–H and O–H groups in total. The average molecular weight is 357 g/mol. The number of rotatable bonds is 5. The second-order valence-electron chi connectivity index (χ2n) is 4.61. The van der Waals surface area contributed by atoms with Gasteiger partial charge in [0.25, 0.3) is 5.91 Å². The first kappa shape index (κ1) is 17.7. The van der Waals surface area contributed by atoms with Crippen molar-refractivity contribution >= 4 is 29.1 Å². The highest BCUT2D eigenvalue weighted by Crippen LogP contribution is 2.34. The van der Waals surface area contributed by atoms with Crippen LogP contribution in [0.4, 0.5) is 24.8 Å². The van der Waals surface area contributed by atoms with Gasteiger partial charge in [-0.2, -0.15) is 13.2 Å². The van der Waals surface area contributed by atoms with Crippen LogP contribution < -0.4 is 10.6 Å². The summed E-state index contributed by atoms with van der Waals surface area (Å²) in [5.41, 5.74) is -0.636.